The highest BCUT2D eigenvalue weighted by atomic mass is 16.1. The molecule has 0 spiro atoms. The fraction of sp³-hybridized carbons (Fsp3) is 0.136. The number of aromatic nitrogens is 3. The highest BCUT2D eigenvalue weighted by Gasteiger charge is 2.10. The summed E-state index contributed by atoms with van der Waals surface area (Å²) in [4.78, 5) is 23.1. The molecule has 1 aromatic carbocycles. The van der Waals surface area contributed by atoms with E-state index in [1.807, 2.05) is 24.5 Å². The Morgan fingerprint density at radius 1 is 1.12 bits per heavy atom. The first-order valence-electron chi connectivity index (χ1n) is 8.71. The Morgan fingerprint density at radius 2 is 2.04 bits per heavy atom. The zero-order chi connectivity index (χ0) is 17.9. The minimum atomic E-state index is 0.575. The molecular weight excluding hydrogens is 322 g/mol. The SMILES string of the molecule is C=CCCCc1ccnc2ccc(-c3c[nH]c4ncc(C=O)cc34)cc12. The average molecular weight is 341 g/mol. The first kappa shape index (κ1) is 16.2. The van der Waals surface area contributed by atoms with E-state index < -0.39 is 0 Å². The van der Waals surface area contributed by atoms with Crippen molar-refractivity contribution >= 4 is 28.2 Å². The number of fused-ring (bicyclic) bond motifs is 2. The molecule has 1 N–H and O–H groups in total. The molecule has 0 saturated heterocycles. The number of nitrogens with one attached hydrogen (secondary N) is 1. The summed E-state index contributed by atoms with van der Waals surface area (Å²) < 4.78 is 0. The number of aryl methyl sites for hydroxylation is 1. The monoisotopic (exact) mass is 341 g/mol. The molecule has 0 aliphatic heterocycles. The summed E-state index contributed by atoms with van der Waals surface area (Å²) in [5.41, 5.74) is 5.78. The summed E-state index contributed by atoms with van der Waals surface area (Å²) in [7, 11) is 0. The molecule has 128 valence electrons. The first-order chi connectivity index (χ1) is 12.8. The van der Waals surface area contributed by atoms with E-state index in [0.29, 0.717) is 5.56 Å². The van der Waals surface area contributed by atoms with Crippen molar-refractivity contribution in [1.82, 2.24) is 15.0 Å². The van der Waals surface area contributed by atoms with E-state index in [0.717, 1.165) is 53.2 Å². The molecule has 0 atom stereocenters. The molecular formula is C22H19N3O. The normalized spacial score (nSPS) is 11.1. The van der Waals surface area contributed by atoms with E-state index >= 15 is 0 Å². The first-order valence-corrected chi connectivity index (χ1v) is 8.71. The lowest BCUT2D eigenvalue weighted by Crippen LogP contribution is -1.90. The van der Waals surface area contributed by atoms with Crippen LogP contribution in [0.4, 0.5) is 0 Å². The lowest BCUT2D eigenvalue weighted by atomic mass is 9.98. The third-order valence-electron chi connectivity index (χ3n) is 4.69. The lowest BCUT2D eigenvalue weighted by molar-refractivity contribution is 0.112. The second-order valence-corrected chi connectivity index (χ2v) is 6.37. The van der Waals surface area contributed by atoms with Gasteiger partial charge in [0.1, 0.15) is 5.65 Å². The van der Waals surface area contributed by atoms with E-state index in [2.05, 4.69) is 45.8 Å². The Balaban J connectivity index is 1.83. The number of hydrogen-bond donors (Lipinski definition) is 1. The molecule has 4 aromatic rings. The fourth-order valence-corrected chi connectivity index (χ4v) is 3.35. The van der Waals surface area contributed by atoms with E-state index in [-0.39, 0.29) is 0 Å². The molecule has 0 aliphatic carbocycles. The molecule has 0 saturated carbocycles. The van der Waals surface area contributed by atoms with Crippen LogP contribution in [0.5, 0.6) is 0 Å². The van der Waals surface area contributed by atoms with Gasteiger partial charge < -0.3 is 4.98 Å². The minimum absolute atomic E-state index is 0.575. The number of carbonyl (C=O) groups is 1. The van der Waals surface area contributed by atoms with Gasteiger partial charge in [-0.1, -0.05) is 12.1 Å². The summed E-state index contributed by atoms with van der Waals surface area (Å²) in [6.07, 6.45) is 11.3. The van der Waals surface area contributed by atoms with Crippen LogP contribution in [-0.2, 0) is 6.42 Å². The third kappa shape index (κ3) is 2.90. The summed E-state index contributed by atoms with van der Waals surface area (Å²) in [6.45, 7) is 3.80. The van der Waals surface area contributed by atoms with Crippen LogP contribution in [0.2, 0.25) is 0 Å². The van der Waals surface area contributed by atoms with Crippen molar-refractivity contribution in [3.63, 3.8) is 0 Å². The molecule has 4 rings (SSSR count). The van der Waals surface area contributed by atoms with Gasteiger partial charge in [0.15, 0.2) is 6.29 Å². The van der Waals surface area contributed by atoms with Gasteiger partial charge in [-0.2, -0.15) is 0 Å². The minimum Gasteiger partial charge on any atom is -0.346 e. The van der Waals surface area contributed by atoms with E-state index in [4.69, 9.17) is 0 Å². The van der Waals surface area contributed by atoms with Crippen LogP contribution in [0.15, 0.2) is 61.6 Å². The molecule has 0 fully saturated rings. The Kier molecular flexibility index (Phi) is 4.32. The average Bonchev–Trinajstić information content (AvgIpc) is 3.11. The number of rotatable bonds is 6. The number of hydrogen-bond acceptors (Lipinski definition) is 3. The lowest BCUT2D eigenvalue weighted by Gasteiger charge is -2.08. The molecule has 4 nitrogen and oxygen atoms in total. The summed E-state index contributed by atoms with van der Waals surface area (Å²) in [5, 5.41) is 2.12. The second kappa shape index (κ2) is 6.92. The maximum atomic E-state index is 11.1. The van der Waals surface area contributed by atoms with Crippen molar-refractivity contribution < 1.29 is 4.79 Å². The number of benzene rings is 1. The summed E-state index contributed by atoms with van der Waals surface area (Å²) >= 11 is 0. The number of aromatic amines is 1. The second-order valence-electron chi connectivity index (χ2n) is 6.37. The Hall–Kier alpha value is -3.27. The summed E-state index contributed by atoms with van der Waals surface area (Å²) in [6, 6.07) is 10.3. The van der Waals surface area contributed by atoms with Crippen LogP contribution in [0.25, 0.3) is 33.1 Å². The van der Waals surface area contributed by atoms with Gasteiger partial charge in [-0.15, -0.1) is 6.58 Å². The number of unbranched alkanes of at least 4 members (excludes halogenated alkanes) is 1. The van der Waals surface area contributed by atoms with Crippen molar-refractivity contribution in [2.75, 3.05) is 0 Å². The highest BCUT2D eigenvalue weighted by Crippen LogP contribution is 2.31. The number of aldehydes is 1. The van der Waals surface area contributed by atoms with Gasteiger partial charge >= 0.3 is 0 Å². The van der Waals surface area contributed by atoms with E-state index in [1.165, 1.54) is 10.9 Å². The van der Waals surface area contributed by atoms with Crippen LogP contribution in [-0.4, -0.2) is 21.2 Å². The maximum absolute atomic E-state index is 11.1. The maximum Gasteiger partial charge on any atom is 0.151 e. The predicted molar refractivity (Wildman–Crippen MR) is 105 cm³/mol. The van der Waals surface area contributed by atoms with Crippen molar-refractivity contribution in [3.8, 4) is 11.1 Å². The van der Waals surface area contributed by atoms with Gasteiger partial charge in [0.2, 0.25) is 0 Å². The molecule has 3 heterocycles. The zero-order valence-corrected chi connectivity index (χ0v) is 14.4. The van der Waals surface area contributed by atoms with Crippen molar-refractivity contribution in [1.29, 1.82) is 0 Å². The smallest absolute Gasteiger partial charge is 0.151 e. The number of nitrogens with zero attached hydrogens (tertiary/aromatic N) is 2. The molecule has 0 bridgehead atoms. The van der Waals surface area contributed by atoms with Gasteiger partial charge in [0.05, 0.1) is 5.52 Å². The van der Waals surface area contributed by atoms with Crippen LogP contribution < -0.4 is 0 Å². The predicted octanol–water partition coefficient (Wildman–Crippen LogP) is 5.10. The molecule has 4 heteroatoms. The number of carbonyl (C=O) groups excluding carboxylic acids is 1. The third-order valence-corrected chi connectivity index (χ3v) is 4.69. The number of H-pyrrole nitrogens is 1. The fourth-order valence-electron chi connectivity index (χ4n) is 3.35. The Bertz CT molecular complexity index is 1110. The van der Waals surface area contributed by atoms with E-state index in [9.17, 15) is 4.79 Å². The largest absolute Gasteiger partial charge is 0.346 e. The standard InChI is InChI=1S/C22H19N3O/c1-2-3-4-5-16-8-9-23-21-7-6-17(11-18(16)21)20-13-25-22-19(20)10-15(14-26)12-24-22/h2,6-14H,1,3-5H2,(H,24,25). The van der Waals surface area contributed by atoms with Crippen molar-refractivity contribution in [3.05, 3.63) is 72.7 Å². The molecule has 0 unspecified atom stereocenters. The van der Waals surface area contributed by atoms with Gasteiger partial charge in [0.25, 0.3) is 0 Å². The van der Waals surface area contributed by atoms with Gasteiger partial charge in [-0.3, -0.25) is 9.78 Å². The van der Waals surface area contributed by atoms with Crippen molar-refractivity contribution in [2.24, 2.45) is 0 Å². The molecule has 3 aromatic heterocycles. The van der Waals surface area contributed by atoms with Gasteiger partial charge in [-0.05, 0) is 54.7 Å². The molecule has 0 aliphatic rings. The van der Waals surface area contributed by atoms with Crippen LogP contribution >= 0.6 is 0 Å². The topological polar surface area (TPSA) is 58.6 Å². The zero-order valence-electron chi connectivity index (χ0n) is 14.4. The van der Waals surface area contributed by atoms with Crippen LogP contribution in [0, 0.1) is 0 Å². The Morgan fingerprint density at radius 3 is 2.88 bits per heavy atom. The van der Waals surface area contributed by atoms with Gasteiger partial charge in [0, 0.05) is 40.5 Å². The highest BCUT2D eigenvalue weighted by molar-refractivity contribution is 5.98. The number of pyridine rings is 2. The van der Waals surface area contributed by atoms with Crippen LogP contribution in [0.1, 0.15) is 28.8 Å². The van der Waals surface area contributed by atoms with Gasteiger partial charge in [-0.25, -0.2) is 4.98 Å². The van der Waals surface area contributed by atoms with E-state index in [1.54, 1.807) is 6.20 Å². The Labute approximate surface area is 151 Å². The molecule has 26 heavy (non-hydrogen) atoms. The quantitative estimate of drug-likeness (QED) is 0.301. The summed E-state index contributed by atoms with van der Waals surface area (Å²) in [5.74, 6) is 0. The van der Waals surface area contributed by atoms with Crippen molar-refractivity contribution in [2.45, 2.75) is 19.3 Å². The molecule has 0 amide bonds. The number of allylic oxidation sites excluding steroid dienone is 1. The van der Waals surface area contributed by atoms with Crippen LogP contribution in [0.3, 0.4) is 0 Å². The molecule has 0 radical (unpaired) electrons.